The Morgan fingerprint density at radius 1 is 1.50 bits per heavy atom. The van der Waals surface area contributed by atoms with Crippen molar-refractivity contribution in [2.24, 2.45) is 11.8 Å². The second kappa shape index (κ2) is 7.08. The lowest BCUT2D eigenvalue weighted by Crippen LogP contribution is -2.38. The Hall–Kier alpha value is -0.350. The van der Waals surface area contributed by atoms with Crippen LogP contribution < -0.4 is 0 Å². The third-order valence-corrected chi connectivity index (χ3v) is 5.46. The van der Waals surface area contributed by atoms with Crippen molar-refractivity contribution in [2.45, 2.75) is 52.6 Å². The Labute approximate surface area is 130 Å². The van der Waals surface area contributed by atoms with Gasteiger partial charge in [0.25, 0.3) is 0 Å². The van der Waals surface area contributed by atoms with Crippen molar-refractivity contribution in [1.29, 1.82) is 0 Å². The molecule has 2 heterocycles. The molecular weight excluding hydrogens is 318 g/mol. The van der Waals surface area contributed by atoms with E-state index >= 15 is 0 Å². The minimum Gasteiger partial charge on any atom is -0.378 e. The molecule has 0 aromatic carbocycles. The van der Waals surface area contributed by atoms with E-state index in [4.69, 9.17) is 4.74 Å². The molecule has 114 valence electrons. The molecule has 0 radical (unpaired) electrons. The lowest BCUT2D eigenvalue weighted by molar-refractivity contribution is -0.133. The summed E-state index contributed by atoms with van der Waals surface area (Å²) in [4.78, 5) is 14.4. The van der Waals surface area contributed by atoms with Gasteiger partial charge in [0.1, 0.15) is 0 Å². The summed E-state index contributed by atoms with van der Waals surface area (Å²) in [7, 11) is 0. The van der Waals surface area contributed by atoms with Gasteiger partial charge in [-0.05, 0) is 38.0 Å². The molecular formula is C16H26BrNO2. The monoisotopic (exact) mass is 343 g/mol. The summed E-state index contributed by atoms with van der Waals surface area (Å²) in [5.74, 6) is 1.35. The molecule has 2 atom stereocenters. The van der Waals surface area contributed by atoms with Gasteiger partial charge in [-0.1, -0.05) is 35.4 Å². The number of hydrogen-bond acceptors (Lipinski definition) is 2. The molecule has 0 saturated carbocycles. The quantitative estimate of drug-likeness (QED) is 0.781. The first-order valence-corrected chi connectivity index (χ1v) is 8.50. The largest absolute Gasteiger partial charge is 0.378 e. The molecule has 4 heteroatoms. The Bertz CT molecular complexity index is 392. The van der Waals surface area contributed by atoms with Crippen molar-refractivity contribution in [3.63, 3.8) is 0 Å². The predicted octanol–water partition coefficient (Wildman–Crippen LogP) is 3.73. The van der Waals surface area contributed by atoms with Gasteiger partial charge < -0.3 is 9.64 Å². The van der Waals surface area contributed by atoms with E-state index in [1.54, 1.807) is 0 Å². The Kier molecular flexibility index (Phi) is 5.67. The summed E-state index contributed by atoms with van der Waals surface area (Å²) < 4.78 is 6.97. The van der Waals surface area contributed by atoms with Crippen molar-refractivity contribution in [3.05, 3.63) is 10.1 Å². The summed E-state index contributed by atoms with van der Waals surface area (Å²) >= 11 is 3.58. The maximum Gasteiger partial charge on any atom is 0.223 e. The minimum absolute atomic E-state index is 0.309. The van der Waals surface area contributed by atoms with E-state index in [0.717, 1.165) is 39.0 Å². The van der Waals surface area contributed by atoms with Crippen molar-refractivity contribution in [2.75, 3.05) is 19.7 Å². The highest BCUT2D eigenvalue weighted by Crippen LogP contribution is 2.29. The van der Waals surface area contributed by atoms with Crippen molar-refractivity contribution >= 4 is 21.8 Å². The van der Waals surface area contributed by atoms with E-state index in [1.165, 1.54) is 10.1 Å². The Morgan fingerprint density at radius 3 is 2.90 bits per heavy atom. The smallest absolute Gasteiger partial charge is 0.223 e. The molecule has 2 rings (SSSR count). The Morgan fingerprint density at radius 2 is 2.25 bits per heavy atom. The van der Waals surface area contributed by atoms with Gasteiger partial charge in [-0.2, -0.15) is 0 Å². The molecule has 2 aliphatic rings. The topological polar surface area (TPSA) is 29.5 Å². The van der Waals surface area contributed by atoms with Crippen LogP contribution in [-0.4, -0.2) is 36.6 Å². The van der Waals surface area contributed by atoms with E-state index in [1.807, 2.05) is 4.90 Å². The van der Waals surface area contributed by atoms with Crippen molar-refractivity contribution in [1.82, 2.24) is 4.90 Å². The summed E-state index contributed by atoms with van der Waals surface area (Å²) in [5, 5.41) is 0. The van der Waals surface area contributed by atoms with Crippen LogP contribution in [0.15, 0.2) is 10.1 Å². The SMILES string of the molecule is CC1=C(Br)CN(C(=O)CC2CCOC(C(C)C)C2)CC1. The van der Waals surface area contributed by atoms with Gasteiger partial charge in [0.15, 0.2) is 0 Å². The fourth-order valence-corrected chi connectivity index (χ4v) is 3.46. The van der Waals surface area contributed by atoms with Crippen LogP contribution in [0.3, 0.4) is 0 Å². The first-order valence-electron chi connectivity index (χ1n) is 7.71. The lowest BCUT2D eigenvalue weighted by Gasteiger charge is -2.34. The third-order valence-electron chi connectivity index (χ3n) is 4.53. The fourth-order valence-electron chi connectivity index (χ4n) is 2.96. The number of hydrogen-bond donors (Lipinski definition) is 0. The molecule has 2 aliphatic heterocycles. The van der Waals surface area contributed by atoms with Crippen LogP contribution in [0, 0.1) is 11.8 Å². The maximum absolute atomic E-state index is 12.4. The zero-order valence-corrected chi connectivity index (χ0v) is 14.4. The van der Waals surface area contributed by atoms with E-state index < -0.39 is 0 Å². The van der Waals surface area contributed by atoms with E-state index in [-0.39, 0.29) is 0 Å². The highest BCUT2D eigenvalue weighted by atomic mass is 79.9. The highest BCUT2D eigenvalue weighted by molar-refractivity contribution is 9.11. The third kappa shape index (κ3) is 4.08. The normalized spacial score (nSPS) is 28.1. The van der Waals surface area contributed by atoms with Gasteiger partial charge in [0.2, 0.25) is 5.91 Å². The number of nitrogens with zero attached hydrogens (tertiary/aromatic N) is 1. The summed E-state index contributed by atoms with van der Waals surface area (Å²) in [6.45, 7) is 8.97. The molecule has 0 N–H and O–H groups in total. The zero-order chi connectivity index (χ0) is 14.7. The molecule has 0 spiro atoms. The number of ether oxygens (including phenoxy) is 1. The average molecular weight is 344 g/mol. The van der Waals surface area contributed by atoms with Crippen LogP contribution in [0.1, 0.15) is 46.5 Å². The van der Waals surface area contributed by atoms with E-state index in [0.29, 0.717) is 30.3 Å². The van der Waals surface area contributed by atoms with Crippen LogP contribution in [0.4, 0.5) is 0 Å². The lowest BCUT2D eigenvalue weighted by atomic mass is 9.87. The van der Waals surface area contributed by atoms with Gasteiger partial charge in [-0.3, -0.25) is 4.79 Å². The molecule has 20 heavy (non-hydrogen) atoms. The first-order chi connectivity index (χ1) is 9.47. The van der Waals surface area contributed by atoms with Crippen LogP contribution in [0.2, 0.25) is 0 Å². The fraction of sp³-hybridized carbons (Fsp3) is 0.812. The van der Waals surface area contributed by atoms with Crippen LogP contribution in [0.25, 0.3) is 0 Å². The predicted molar refractivity (Wildman–Crippen MR) is 84.7 cm³/mol. The molecule has 0 aromatic rings. The van der Waals surface area contributed by atoms with E-state index in [9.17, 15) is 4.79 Å². The zero-order valence-electron chi connectivity index (χ0n) is 12.8. The number of carbonyl (C=O) groups is 1. The molecule has 3 nitrogen and oxygen atoms in total. The summed E-state index contributed by atoms with van der Waals surface area (Å²) in [6.07, 6.45) is 4.07. The molecule has 1 saturated heterocycles. The van der Waals surface area contributed by atoms with Crippen LogP contribution in [-0.2, 0) is 9.53 Å². The number of halogens is 1. The minimum atomic E-state index is 0.309. The highest BCUT2D eigenvalue weighted by Gasteiger charge is 2.28. The maximum atomic E-state index is 12.4. The van der Waals surface area contributed by atoms with Crippen LogP contribution >= 0.6 is 15.9 Å². The van der Waals surface area contributed by atoms with Crippen molar-refractivity contribution < 1.29 is 9.53 Å². The van der Waals surface area contributed by atoms with Crippen LogP contribution in [0.5, 0.6) is 0 Å². The number of amides is 1. The molecule has 0 bridgehead atoms. The second-order valence-electron chi connectivity index (χ2n) is 6.50. The van der Waals surface area contributed by atoms with Gasteiger partial charge in [0, 0.05) is 24.1 Å². The number of carbonyl (C=O) groups excluding carboxylic acids is 1. The average Bonchev–Trinajstić information content (AvgIpc) is 2.42. The Balaban J connectivity index is 1.85. The van der Waals surface area contributed by atoms with Crippen molar-refractivity contribution in [3.8, 4) is 0 Å². The summed E-state index contributed by atoms with van der Waals surface area (Å²) in [5.41, 5.74) is 1.37. The molecule has 0 aromatic heterocycles. The molecule has 0 aliphatic carbocycles. The van der Waals surface area contributed by atoms with E-state index in [2.05, 4.69) is 36.7 Å². The molecule has 1 amide bonds. The van der Waals surface area contributed by atoms with Gasteiger partial charge >= 0.3 is 0 Å². The molecule has 1 fully saturated rings. The summed E-state index contributed by atoms with van der Waals surface area (Å²) in [6, 6.07) is 0. The first kappa shape index (κ1) is 16.0. The van der Waals surface area contributed by atoms with Gasteiger partial charge in [-0.15, -0.1) is 0 Å². The standard InChI is InChI=1S/C16H26BrNO2/c1-11(2)15-8-13(5-7-20-15)9-16(19)18-6-4-12(3)14(17)10-18/h11,13,15H,4-10H2,1-3H3. The number of rotatable bonds is 3. The van der Waals surface area contributed by atoms with Gasteiger partial charge in [-0.25, -0.2) is 0 Å². The second-order valence-corrected chi connectivity index (χ2v) is 7.46. The molecule has 2 unspecified atom stereocenters. The van der Waals surface area contributed by atoms with Gasteiger partial charge in [0.05, 0.1) is 12.6 Å².